The van der Waals surface area contributed by atoms with Crippen molar-refractivity contribution in [1.82, 2.24) is 0 Å². The van der Waals surface area contributed by atoms with Gasteiger partial charge in [-0.1, -0.05) is 6.07 Å². The van der Waals surface area contributed by atoms with Crippen molar-refractivity contribution in [1.29, 1.82) is 0 Å². The lowest BCUT2D eigenvalue weighted by atomic mass is 9.89. The zero-order chi connectivity index (χ0) is 8.55. The predicted octanol–water partition coefficient (Wildman–Crippen LogP) is 2.11. The topological polar surface area (TPSA) is 26.0 Å². The SMILES string of the molecule is N[C@@H]1CCc2ccc(I)cc2C1. The third-order valence-corrected chi connectivity index (χ3v) is 3.11. The molecule has 0 unspecified atom stereocenters. The first kappa shape index (κ1) is 8.51. The number of nitrogens with two attached hydrogens (primary N) is 1. The molecule has 0 saturated heterocycles. The van der Waals surface area contributed by atoms with Crippen molar-refractivity contribution < 1.29 is 0 Å². The van der Waals surface area contributed by atoms with Gasteiger partial charge < -0.3 is 5.73 Å². The van der Waals surface area contributed by atoms with Crippen LogP contribution < -0.4 is 5.73 Å². The predicted molar refractivity (Wildman–Crippen MR) is 59.2 cm³/mol. The van der Waals surface area contributed by atoms with Crippen LogP contribution in [0.1, 0.15) is 17.5 Å². The molecule has 0 heterocycles. The van der Waals surface area contributed by atoms with Crippen molar-refractivity contribution in [2.45, 2.75) is 25.3 Å². The van der Waals surface area contributed by atoms with Gasteiger partial charge in [-0.15, -0.1) is 0 Å². The summed E-state index contributed by atoms with van der Waals surface area (Å²) in [4.78, 5) is 0. The first-order valence-corrected chi connectivity index (χ1v) is 5.36. The lowest BCUT2D eigenvalue weighted by Crippen LogP contribution is -2.27. The van der Waals surface area contributed by atoms with Crippen LogP contribution in [0.5, 0.6) is 0 Å². The largest absolute Gasteiger partial charge is 0.327 e. The Labute approximate surface area is 86.5 Å². The summed E-state index contributed by atoms with van der Waals surface area (Å²) < 4.78 is 1.32. The molecular formula is C10H12IN. The van der Waals surface area contributed by atoms with Crippen LogP contribution in [-0.2, 0) is 12.8 Å². The van der Waals surface area contributed by atoms with Crippen molar-refractivity contribution in [2.24, 2.45) is 5.73 Å². The van der Waals surface area contributed by atoms with Gasteiger partial charge in [0.2, 0.25) is 0 Å². The van der Waals surface area contributed by atoms with E-state index < -0.39 is 0 Å². The minimum absolute atomic E-state index is 0.385. The first-order valence-electron chi connectivity index (χ1n) is 4.28. The second kappa shape index (κ2) is 3.34. The molecule has 0 aliphatic heterocycles. The number of halogens is 1. The Bertz CT molecular complexity index is 296. The molecule has 1 aliphatic carbocycles. The first-order chi connectivity index (χ1) is 5.75. The van der Waals surface area contributed by atoms with Crippen molar-refractivity contribution in [3.05, 3.63) is 32.9 Å². The molecular weight excluding hydrogens is 261 g/mol. The van der Waals surface area contributed by atoms with Crippen molar-refractivity contribution in [3.8, 4) is 0 Å². The Hall–Kier alpha value is -0.0900. The number of hydrogen-bond acceptors (Lipinski definition) is 1. The Morgan fingerprint density at radius 1 is 1.33 bits per heavy atom. The van der Waals surface area contributed by atoms with Crippen LogP contribution in [-0.4, -0.2) is 6.04 Å². The van der Waals surface area contributed by atoms with Gasteiger partial charge in [-0.05, 0) is 65.1 Å². The average molecular weight is 273 g/mol. The van der Waals surface area contributed by atoms with E-state index in [0.29, 0.717) is 6.04 Å². The van der Waals surface area contributed by atoms with E-state index in [9.17, 15) is 0 Å². The van der Waals surface area contributed by atoms with Crippen LogP contribution in [0.15, 0.2) is 18.2 Å². The molecule has 2 rings (SSSR count). The lowest BCUT2D eigenvalue weighted by molar-refractivity contribution is 0.576. The normalized spacial score (nSPS) is 22.0. The van der Waals surface area contributed by atoms with E-state index in [1.807, 2.05) is 0 Å². The van der Waals surface area contributed by atoms with E-state index in [1.165, 1.54) is 14.7 Å². The molecule has 0 aromatic heterocycles. The summed E-state index contributed by atoms with van der Waals surface area (Å²) in [5.41, 5.74) is 8.85. The van der Waals surface area contributed by atoms with Crippen molar-refractivity contribution >= 4 is 22.6 Å². The highest BCUT2D eigenvalue weighted by atomic mass is 127. The summed E-state index contributed by atoms with van der Waals surface area (Å²) in [6, 6.07) is 7.06. The van der Waals surface area contributed by atoms with Crippen LogP contribution >= 0.6 is 22.6 Å². The molecule has 2 N–H and O–H groups in total. The monoisotopic (exact) mass is 273 g/mol. The Balaban J connectivity index is 2.37. The van der Waals surface area contributed by atoms with Crippen LogP contribution in [0.25, 0.3) is 0 Å². The lowest BCUT2D eigenvalue weighted by Gasteiger charge is -2.21. The van der Waals surface area contributed by atoms with Crippen LogP contribution in [0.4, 0.5) is 0 Å². The average Bonchev–Trinajstić information content (AvgIpc) is 2.03. The van der Waals surface area contributed by atoms with Gasteiger partial charge in [0.25, 0.3) is 0 Å². The summed E-state index contributed by atoms with van der Waals surface area (Å²) in [6.45, 7) is 0. The van der Waals surface area contributed by atoms with Crippen LogP contribution in [0.3, 0.4) is 0 Å². The summed E-state index contributed by atoms with van der Waals surface area (Å²) >= 11 is 2.35. The number of fused-ring (bicyclic) bond motifs is 1. The molecule has 1 aromatic rings. The number of hydrogen-bond donors (Lipinski definition) is 1. The molecule has 64 valence electrons. The Kier molecular flexibility index (Phi) is 2.37. The molecule has 1 aliphatic rings. The van der Waals surface area contributed by atoms with Gasteiger partial charge in [-0.25, -0.2) is 0 Å². The van der Waals surface area contributed by atoms with E-state index >= 15 is 0 Å². The van der Waals surface area contributed by atoms with Gasteiger partial charge in [0, 0.05) is 9.61 Å². The molecule has 1 atom stereocenters. The van der Waals surface area contributed by atoms with E-state index in [-0.39, 0.29) is 0 Å². The minimum atomic E-state index is 0.385. The van der Waals surface area contributed by atoms with Gasteiger partial charge in [-0.3, -0.25) is 0 Å². The standard InChI is InChI=1S/C10H12IN/c11-9-3-1-7-2-4-10(12)6-8(7)5-9/h1,3,5,10H,2,4,6,12H2/t10-/m1/s1. The van der Waals surface area contributed by atoms with E-state index in [0.717, 1.165) is 19.3 Å². The molecule has 0 radical (unpaired) electrons. The number of benzene rings is 1. The van der Waals surface area contributed by atoms with Gasteiger partial charge in [0.15, 0.2) is 0 Å². The fraction of sp³-hybridized carbons (Fsp3) is 0.400. The van der Waals surface area contributed by atoms with E-state index in [4.69, 9.17) is 5.73 Å². The summed E-state index contributed by atoms with van der Waals surface area (Å²) in [5.74, 6) is 0. The van der Waals surface area contributed by atoms with Gasteiger partial charge in [0.05, 0.1) is 0 Å². The number of aryl methyl sites for hydroxylation is 1. The highest BCUT2D eigenvalue weighted by Crippen LogP contribution is 2.22. The fourth-order valence-electron chi connectivity index (χ4n) is 1.75. The highest BCUT2D eigenvalue weighted by molar-refractivity contribution is 14.1. The summed E-state index contributed by atoms with van der Waals surface area (Å²) in [7, 11) is 0. The number of rotatable bonds is 0. The maximum absolute atomic E-state index is 5.90. The van der Waals surface area contributed by atoms with Gasteiger partial charge in [-0.2, -0.15) is 0 Å². The Morgan fingerprint density at radius 3 is 3.00 bits per heavy atom. The van der Waals surface area contributed by atoms with Crippen molar-refractivity contribution in [2.75, 3.05) is 0 Å². The molecule has 1 aromatic carbocycles. The Morgan fingerprint density at radius 2 is 2.17 bits per heavy atom. The summed E-state index contributed by atoms with van der Waals surface area (Å²) in [6.07, 6.45) is 3.37. The fourth-order valence-corrected chi connectivity index (χ4v) is 2.31. The van der Waals surface area contributed by atoms with Gasteiger partial charge >= 0.3 is 0 Å². The van der Waals surface area contributed by atoms with Crippen molar-refractivity contribution in [3.63, 3.8) is 0 Å². The maximum Gasteiger partial charge on any atom is 0.0133 e. The second-order valence-electron chi connectivity index (χ2n) is 3.42. The van der Waals surface area contributed by atoms with Crippen LogP contribution in [0.2, 0.25) is 0 Å². The maximum atomic E-state index is 5.90. The molecule has 0 spiro atoms. The molecule has 0 bridgehead atoms. The minimum Gasteiger partial charge on any atom is -0.327 e. The quantitative estimate of drug-likeness (QED) is 0.720. The van der Waals surface area contributed by atoms with E-state index in [1.54, 1.807) is 0 Å². The molecule has 0 amide bonds. The molecule has 0 fully saturated rings. The van der Waals surface area contributed by atoms with Gasteiger partial charge in [0.1, 0.15) is 0 Å². The third-order valence-electron chi connectivity index (χ3n) is 2.43. The molecule has 2 heteroatoms. The van der Waals surface area contributed by atoms with Crippen LogP contribution in [0, 0.1) is 3.57 Å². The van der Waals surface area contributed by atoms with E-state index in [2.05, 4.69) is 40.8 Å². The smallest absolute Gasteiger partial charge is 0.0133 e. The zero-order valence-electron chi connectivity index (χ0n) is 6.89. The summed E-state index contributed by atoms with van der Waals surface area (Å²) in [5, 5.41) is 0. The molecule has 12 heavy (non-hydrogen) atoms. The second-order valence-corrected chi connectivity index (χ2v) is 4.66. The third kappa shape index (κ3) is 1.64. The molecule has 1 nitrogen and oxygen atoms in total. The zero-order valence-corrected chi connectivity index (χ0v) is 9.04. The highest BCUT2D eigenvalue weighted by Gasteiger charge is 2.14. The molecule has 0 saturated carbocycles.